The van der Waals surface area contributed by atoms with Crippen molar-refractivity contribution < 1.29 is 17.6 Å². The van der Waals surface area contributed by atoms with Gasteiger partial charge in [0, 0.05) is 4.47 Å². The number of rotatable bonds is 5. The number of anilines is 1. The van der Waals surface area contributed by atoms with Crippen LogP contribution in [0.25, 0.3) is 16.8 Å². The van der Waals surface area contributed by atoms with Crippen molar-refractivity contribution in [1.82, 2.24) is 25.2 Å². The molecule has 0 saturated carbocycles. The van der Waals surface area contributed by atoms with Gasteiger partial charge in [-0.2, -0.15) is 4.68 Å². The van der Waals surface area contributed by atoms with E-state index in [2.05, 4.69) is 41.2 Å². The van der Waals surface area contributed by atoms with Gasteiger partial charge in [0.15, 0.2) is 11.4 Å². The van der Waals surface area contributed by atoms with Crippen LogP contribution in [0.1, 0.15) is 5.82 Å². The van der Waals surface area contributed by atoms with Gasteiger partial charge in [-0.25, -0.2) is 13.2 Å². The van der Waals surface area contributed by atoms with Crippen LogP contribution in [0.15, 0.2) is 42.8 Å². The van der Waals surface area contributed by atoms with Crippen LogP contribution >= 0.6 is 27.5 Å². The third-order valence-electron chi connectivity index (χ3n) is 4.12. The highest BCUT2D eigenvalue weighted by Crippen LogP contribution is 2.37. The van der Waals surface area contributed by atoms with Crippen molar-refractivity contribution in [2.24, 2.45) is 0 Å². The highest BCUT2D eigenvalue weighted by Gasteiger charge is 2.26. The average molecular weight is 516 g/mol. The standard InChI is InChI=1S/C16H12BrClN6O5S/c1-7-20-22-23-24(7)11-5-8(3-4-12(11)28-2)21-30(26,27)15-9(17)6-10-14(13(15)18)29-16(25)19-10/h3-6,21H,1-2H3,(H,19,25). The zero-order valence-corrected chi connectivity index (χ0v) is 18.5. The molecule has 4 rings (SSSR count). The molecule has 0 atom stereocenters. The molecule has 0 aliphatic heterocycles. The molecule has 4 aromatic rings. The molecule has 2 aromatic carbocycles. The number of tetrazole rings is 1. The number of aromatic nitrogens is 5. The van der Waals surface area contributed by atoms with E-state index in [1.165, 1.54) is 30.0 Å². The van der Waals surface area contributed by atoms with Crippen LogP contribution in [-0.2, 0) is 10.0 Å². The summed E-state index contributed by atoms with van der Waals surface area (Å²) in [6, 6.07) is 5.98. The molecule has 0 saturated heterocycles. The molecule has 14 heteroatoms. The van der Waals surface area contributed by atoms with Crippen LogP contribution in [0.2, 0.25) is 5.02 Å². The van der Waals surface area contributed by atoms with E-state index in [4.69, 9.17) is 20.8 Å². The number of aryl methyl sites for hydroxylation is 1. The van der Waals surface area contributed by atoms with E-state index in [0.717, 1.165) is 0 Å². The van der Waals surface area contributed by atoms with E-state index in [9.17, 15) is 13.2 Å². The number of sulfonamides is 1. The summed E-state index contributed by atoms with van der Waals surface area (Å²) in [5.74, 6) is 0.160. The van der Waals surface area contributed by atoms with E-state index < -0.39 is 15.8 Å². The minimum absolute atomic E-state index is 0.0648. The second-order valence-electron chi connectivity index (χ2n) is 6.02. The molecule has 11 nitrogen and oxygen atoms in total. The summed E-state index contributed by atoms with van der Waals surface area (Å²) in [5, 5.41) is 11.0. The average Bonchev–Trinajstić information content (AvgIpc) is 3.26. The SMILES string of the molecule is COc1ccc(NS(=O)(=O)c2c(Br)cc3[nH]c(=O)oc3c2Cl)cc1-n1nnnc1C. The maximum absolute atomic E-state index is 13.1. The Balaban J connectivity index is 1.80. The maximum Gasteiger partial charge on any atom is 0.417 e. The molecule has 0 aliphatic rings. The fraction of sp³-hybridized carbons (Fsp3) is 0.125. The molecule has 0 unspecified atom stereocenters. The molecule has 0 fully saturated rings. The number of nitrogens with zero attached hydrogens (tertiary/aromatic N) is 4. The van der Waals surface area contributed by atoms with Crippen molar-refractivity contribution in [3.05, 3.63) is 50.1 Å². The summed E-state index contributed by atoms with van der Waals surface area (Å²) in [7, 11) is -2.71. The first kappa shape index (κ1) is 20.4. The number of hydrogen-bond donors (Lipinski definition) is 2. The Bertz CT molecular complexity index is 1440. The van der Waals surface area contributed by atoms with Gasteiger partial charge in [-0.1, -0.05) is 11.6 Å². The summed E-state index contributed by atoms with van der Waals surface area (Å²) in [6.45, 7) is 1.69. The van der Waals surface area contributed by atoms with Crippen LogP contribution in [0, 0.1) is 6.92 Å². The van der Waals surface area contributed by atoms with E-state index in [1.807, 2.05) is 0 Å². The highest BCUT2D eigenvalue weighted by atomic mass is 79.9. The van der Waals surface area contributed by atoms with Crippen molar-refractivity contribution in [3.8, 4) is 11.4 Å². The minimum Gasteiger partial charge on any atom is -0.494 e. The van der Waals surface area contributed by atoms with Gasteiger partial charge in [-0.3, -0.25) is 9.71 Å². The number of methoxy groups -OCH3 is 1. The summed E-state index contributed by atoms with van der Waals surface area (Å²) < 4.78 is 40.4. The third-order valence-corrected chi connectivity index (χ3v) is 6.94. The van der Waals surface area contributed by atoms with Gasteiger partial charge in [0.2, 0.25) is 0 Å². The second kappa shape index (κ2) is 7.41. The Kier molecular flexibility index (Phi) is 5.03. The molecular weight excluding hydrogens is 504 g/mol. The van der Waals surface area contributed by atoms with E-state index in [-0.39, 0.29) is 31.2 Å². The Morgan fingerprint density at radius 2 is 2.10 bits per heavy atom. The zero-order valence-electron chi connectivity index (χ0n) is 15.3. The fourth-order valence-electron chi connectivity index (χ4n) is 2.83. The van der Waals surface area contributed by atoms with Gasteiger partial charge in [0.05, 0.1) is 18.3 Å². The van der Waals surface area contributed by atoms with Crippen LogP contribution < -0.4 is 15.2 Å². The molecule has 156 valence electrons. The van der Waals surface area contributed by atoms with E-state index in [1.54, 1.807) is 13.0 Å². The maximum atomic E-state index is 13.1. The number of ether oxygens (including phenoxy) is 1. The molecule has 30 heavy (non-hydrogen) atoms. The number of fused-ring (bicyclic) bond motifs is 1. The first-order chi connectivity index (χ1) is 14.2. The molecular formula is C16H12BrClN6O5S. The second-order valence-corrected chi connectivity index (χ2v) is 8.87. The van der Waals surface area contributed by atoms with Crippen molar-refractivity contribution in [1.29, 1.82) is 0 Å². The lowest BCUT2D eigenvalue weighted by Crippen LogP contribution is -2.15. The lowest BCUT2D eigenvalue weighted by Gasteiger charge is -2.14. The smallest absolute Gasteiger partial charge is 0.417 e. The lowest BCUT2D eigenvalue weighted by atomic mass is 10.2. The van der Waals surface area contributed by atoms with Crippen molar-refractivity contribution in [3.63, 3.8) is 0 Å². The van der Waals surface area contributed by atoms with Crippen LogP contribution in [-0.4, -0.2) is 40.7 Å². The Morgan fingerprint density at radius 1 is 1.33 bits per heavy atom. The van der Waals surface area contributed by atoms with Gasteiger partial charge >= 0.3 is 5.76 Å². The number of nitrogens with one attached hydrogen (secondary N) is 2. The number of halogens is 2. The number of oxazole rings is 1. The number of benzene rings is 2. The van der Waals surface area contributed by atoms with Crippen molar-refractivity contribution >= 4 is 54.3 Å². The topological polar surface area (TPSA) is 145 Å². The fourth-order valence-corrected chi connectivity index (χ4v) is 5.74. The first-order valence-electron chi connectivity index (χ1n) is 8.18. The summed E-state index contributed by atoms with van der Waals surface area (Å²) in [5.41, 5.74) is 0.832. The molecule has 2 N–H and O–H groups in total. The summed E-state index contributed by atoms with van der Waals surface area (Å²) in [4.78, 5) is 13.6. The number of aromatic amines is 1. The third kappa shape index (κ3) is 3.44. The molecule has 0 bridgehead atoms. The Morgan fingerprint density at radius 3 is 2.77 bits per heavy atom. The Hall–Kier alpha value is -2.90. The Labute approximate surface area is 182 Å². The zero-order chi connectivity index (χ0) is 21.6. The normalized spacial score (nSPS) is 11.7. The molecule has 2 heterocycles. The van der Waals surface area contributed by atoms with Gasteiger partial charge in [-0.15, -0.1) is 5.10 Å². The molecule has 0 aliphatic carbocycles. The predicted molar refractivity (Wildman–Crippen MR) is 111 cm³/mol. The molecule has 2 aromatic heterocycles. The molecule has 0 spiro atoms. The van der Waals surface area contributed by atoms with Gasteiger partial charge in [0.1, 0.15) is 21.4 Å². The van der Waals surface area contributed by atoms with Gasteiger partial charge < -0.3 is 9.15 Å². The van der Waals surface area contributed by atoms with Crippen LogP contribution in [0.5, 0.6) is 5.75 Å². The summed E-state index contributed by atoms with van der Waals surface area (Å²) >= 11 is 9.43. The van der Waals surface area contributed by atoms with E-state index in [0.29, 0.717) is 17.3 Å². The largest absolute Gasteiger partial charge is 0.494 e. The van der Waals surface area contributed by atoms with Crippen molar-refractivity contribution in [2.75, 3.05) is 11.8 Å². The van der Waals surface area contributed by atoms with E-state index >= 15 is 0 Å². The van der Waals surface area contributed by atoms with Gasteiger partial charge in [-0.05, 0) is 57.5 Å². The molecule has 0 radical (unpaired) electrons. The summed E-state index contributed by atoms with van der Waals surface area (Å²) in [6.07, 6.45) is 0. The molecule has 0 amide bonds. The van der Waals surface area contributed by atoms with Crippen LogP contribution in [0.3, 0.4) is 0 Å². The van der Waals surface area contributed by atoms with Crippen LogP contribution in [0.4, 0.5) is 5.69 Å². The van der Waals surface area contributed by atoms with Crippen molar-refractivity contribution in [2.45, 2.75) is 11.8 Å². The highest BCUT2D eigenvalue weighted by molar-refractivity contribution is 9.10. The quantitative estimate of drug-likeness (QED) is 0.412. The minimum atomic E-state index is -4.18. The number of H-pyrrole nitrogens is 1. The van der Waals surface area contributed by atoms with Gasteiger partial charge in [0.25, 0.3) is 10.0 Å². The number of hydrogen-bond acceptors (Lipinski definition) is 8. The predicted octanol–water partition coefficient (Wildman–Crippen LogP) is 2.63. The monoisotopic (exact) mass is 514 g/mol. The first-order valence-corrected chi connectivity index (χ1v) is 10.8. The lowest BCUT2D eigenvalue weighted by molar-refractivity contribution is 0.411.